The zero-order valence-corrected chi connectivity index (χ0v) is 9.92. The lowest BCUT2D eigenvalue weighted by atomic mass is 10.0. The quantitative estimate of drug-likeness (QED) is 0.770. The Balaban J connectivity index is 1.64. The molecule has 2 aliphatic rings. The summed E-state index contributed by atoms with van der Waals surface area (Å²) < 4.78 is 16.0. The second-order valence-electron chi connectivity index (χ2n) is 4.47. The summed E-state index contributed by atoms with van der Waals surface area (Å²) in [5.41, 5.74) is 5.60. The van der Waals surface area contributed by atoms with E-state index in [1.54, 1.807) is 4.90 Å². The minimum Gasteiger partial charge on any atom is -0.431 e. The fourth-order valence-corrected chi connectivity index (χ4v) is 2.38. The van der Waals surface area contributed by atoms with Gasteiger partial charge < -0.3 is 24.5 Å². The van der Waals surface area contributed by atoms with Crippen LogP contribution in [0.4, 0.5) is 6.01 Å². The van der Waals surface area contributed by atoms with Gasteiger partial charge in [0.2, 0.25) is 0 Å². The number of nitrogen functional groups attached to an aromatic ring is 1. The number of amides is 1. The molecule has 98 valence electrons. The lowest BCUT2D eigenvalue weighted by Gasteiger charge is -2.37. The Bertz CT molecular complexity index is 443. The molecule has 0 bridgehead atoms. The highest BCUT2D eigenvalue weighted by Gasteiger charge is 2.41. The van der Waals surface area contributed by atoms with Crippen molar-refractivity contribution < 1.29 is 18.7 Å². The van der Waals surface area contributed by atoms with E-state index in [0.717, 1.165) is 0 Å². The first kappa shape index (κ1) is 11.5. The van der Waals surface area contributed by atoms with Gasteiger partial charge in [-0.05, 0) is 0 Å². The van der Waals surface area contributed by atoms with Crippen molar-refractivity contribution in [3.8, 4) is 0 Å². The summed E-state index contributed by atoms with van der Waals surface area (Å²) in [6.07, 6.45) is 2.66. The van der Waals surface area contributed by atoms with Crippen molar-refractivity contribution in [2.45, 2.75) is 18.6 Å². The number of carbonyl (C=O) groups is 1. The minimum absolute atomic E-state index is 0.00860. The van der Waals surface area contributed by atoms with Crippen LogP contribution in [0.5, 0.6) is 0 Å². The Labute approximate surface area is 104 Å². The van der Waals surface area contributed by atoms with E-state index in [2.05, 4.69) is 4.98 Å². The first-order valence-corrected chi connectivity index (χ1v) is 5.97. The van der Waals surface area contributed by atoms with Crippen molar-refractivity contribution in [1.29, 1.82) is 0 Å². The molecule has 2 saturated heterocycles. The first-order valence-electron chi connectivity index (χ1n) is 5.97. The van der Waals surface area contributed by atoms with Gasteiger partial charge in [-0.25, -0.2) is 0 Å². The Hall–Kier alpha value is -1.60. The van der Waals surface area contributed by atoms with Crippen molar-refractivity contribution in [1.82, 2.24) is 9.88 Å². The van der Waals surface area contributed by atoms with Crippen LogP contribution in [0.15, 0.2) is 10.7 Å². The highest BCUT2D eigenvalue weighted by Crippen LogP contribution is 2.31. The maximum atomic E-state index is 12.1. The van der Waals surface area contributed by atoms with Crippen molar-refractivity contribution in [2.24, 2.45) is 0 Å². The molecule has 7 nitrogen and oxygen atoms in total. The smallest absolute Gasteiger partial charge is 0.292 e. The van der Waals surface area contributed by atoms with Crippen LogP contribution < -0.4 is 5.73 Å². The fraction of sp³-hybridized carbons (Fsp3) is 0.636. The third kappa shape index (κ3) is 1.95. The molecule has 0 atom stereocenters. The van der Waals surface area contributed by atoms with E-state index < -0.39 is 5.79 Å². The Morgan fingerprint density at radius 2 is 2.00 bits per heavy atom. The zero-order chi connectivity index (χ0) is 12.6. The fourth-order valence-electron chi connectivity index (χ4n) is 2.38. The molecule has 0 aromatic carbocycles. The predicted molar refractivity (Wildman–Crippen MR) is 60.7 cm³/mol. The number of carbonyl (C=O) groups excluding carboxylic acids is 1. The van der Waals surface area contributed by atoms with E-state index >= 15 is 0 Å². The van der Waals surface area contributed by atoms with Gasteiger partial charge in [0, 0.05) is 25.9 Å². The van der Waals surface area contributed by atoms with Crippen LogP contribution in [0.2, 0.25) is 0 Å². The molecule has 18 heavy (non-hydrogen) atoms. The molecule has 2 aliphatic heterocycles. The number of aromatic nitrogens is 1. The van der Waals surface area contributed by atoms with Gasteiger partial charge in [-0.2, -0.15) is 4.98 Å². The van der Waals surface area contributed by atoms with Gasteiger partial charge >= 0.3 is 0 Å². The third-order valence-electron chi connectivity index (χ3n) is 3.37. The number of nitrogens with zero attached hydrogens (tertiary/aromatic N) is 2. The number of oxazole rings is 1. The monoisotopic (exact) mass is 253 g/mol. The molecule has 3 rings (SSSR count). The molecule has 1 amide bonds. The van der Waals surface area contributed by atoms with E-state index in [-0.39, 0.29) is 17.6 Å². The Morgan fingerprint density at radius 3 is 2.56 bits per heavy atom. The van der Waals surface area contributed by atoms with Gasteiger partial charge in [-0.15, -0.1) is 0 Å². The average molecular weight is 253 g/mol. The second kappa shape index (κ2) is 4.25. The summed E-state index contributed by atoms with van der Waals surface area (Å²) in [7, 11) is 0. The summed E-state index contributed by atoms with van der Waals surface area (Å²) in [4.78, 5) is 17.6. The van der Waals surface area contributed by atoms with E-state index in [9.17, 15) is 4.79 Å². The van der Waals surface area contributed by atoms with Crippen molar-refractivity contribution in [3.05, 3.63) is 12.0 Å². The molecule has 1 spiro atoms. The molecular weight excluding hydrogens is 238 g/mol. The number of nitrogens with two attached hydrogens (primary N) is 1. The predicted octanol–water partition coefficient (Wildman–Crippen LogP) is 0.236. The lowest BCUT2D eigenvalue weighted by Crippen LogP contribution is -2.47. The topological polar surface area (TPSA) is 90.8 Å². The maximum Gasteiger partial charge on any atom is 0.292 e. The first-order chi connectivity index (χ1) is 8.69. The number of anilines is 1. The Kier molecular flexibility index (Phi) is 2.71. The van der Waals surface area contributed by atoms with Crippen LogP contribution >= 0.6 is 0 Å². The van der Waals surface area contributed by atoms with Gasteiger partial charge in [-0.3, -0.25) is 4.79 Å². The number of rotatable bonds is 1. The summed E-state index contributed by atoms with van der Waals surface area (Å²) in [5.74, 6) is -0.636. The molecule has 1 aromatic rings. The molecule has 0 radical (unpaired) electrons. The van der Waals surface area contributed by atoms with Crippen LogP contribution in [0.25, 0.3) is 0 Å². The molecule has 0 unspecified atom stereocenters. The maximum absolute atomic E-state index is 12.1. The van der Waals surface area contributed by atoms with Crippen LogP contribution in [0, 0.1) is 0 Å². The molecule has 1 aromatic heterocycles. The van der Waals surface area contributed by atoms with E-state index in [1.807, 2.05) is 0 Å². The SMILES string of the molecule is Nc1nc(C(=O)N2CCC3(CC2)OCCO3)co1. The molecule has 0 saturated carbocycles. The van der Waals surface area contributed by atoms with E-state index in [0.29, 0.717) is 39.1 Å². The van der Waals surface area contributed by atoms with Crippen LogP contribution in [-0.4, -0.2) is 47.9 Å². The third-order valence-corrected chi connectivity index (χ3v) is 3.37. The van der Waals surface area contributed by atoms with Crippen molar-refractivity contribution in [3.63, 3.8) is 0 Å². The summed E-state index contributed by atoms with van der Waals surface area (Å²) in [5, 5.41) is 0. The molecular formula is C11H15N3O4. The average Bonchev–Trinajstić information content (AvgIpc) is 3.00. The summed E-state index contributed by atoms with van der Waals surface area (Å²) in [6.45, 7) is 2.44. The van der Waals surface area contributed by atoms with Crippen LogP contribution in [0.1, 0.15) is 23.3 Å². The highest BCUT2D eigenvalue weighted by molar-refractivity contribution is 5.92. The number of hydrogen-bond acceptors (Lipinski definition) is 6. The van der Waals surface area contributed by atoms with E-state index in [1.165, 1.54) is 6.26 Å². The van der Waals surface area contributed by atoms with Crippen LogP contribution in [0.3, 0.4) is 0 Å². The van der Waals surface area contributed by atoms with E-state index in [4.69, 9.17) is 19.6 Å². The standard InChI is InChI=1S/C11H15N3O4/c12-10-13-8(7-16-10)9(15)14-3-1-11(2-4-14)17-5-6-18-11/h7H,1-6H2,(H2,12,13). The van der Waals surface area contributed by atoms with Gasteiger partial charge in [0.1, 0.15) is 6.26 Å². The summed E-state index contributed by atoms with van der Waals surface area (Å²) >= 11 is 0. The van der Waals surface area contributed by atoms with Gasteiger partial charge in [0.25, 0.3) is 11.9 Å². The number of piperidine rings is 1. The molecule has 3 heterocycles. The van der Waals surface area contributed by atoms with Crippen molar-refractivity contribution in [2.75, 3.05) is 32.0 Å². The van der Waals surface area contributed by atoms with Gasteiger partial charge in [0.05, 0.1) is 13.2 Å². The lowest BCUT2D eigenvalue weighted by molar-refractivity contribution is -0.181. The number of ether oxygens (including phenoxy) is 2. The Morgan fingerprint density at radius 1 is 1.33 bits per heavy atom. The molecule has 7 heteroatoms. The largest absolute Gasteiger partial charge is 0.431 e. The van der Waals surface area contributed by atoms with Crippen LogP contribution in [-0.2, 0) is 9.47 Å². The van der Waals surface area contributed by atoms with Gasteiger partial charge in [-0.1, -0.05) is 0 Å². The highest BCUT2D eigenvalue weighted by atomic mass is 16.7. The van der Waals surface area contributed by atoms with Crippen molar-refractivity contribution >= 4 is 11.9 Å². The normalized spacial score (nSPS) is 22.6. The summed E-state index contributed by atoms with van der Waals surface area (Å²) in [6, 6.07) is 0.00860. The minimum atomic E-state index is -0.473. The number of likely N-dealkylation sites (tertiary alicyclic amines) is 1. The molecule has 2 fully saturated rings. The zero-order valence-electron chi connectivity index (χ0n) is 9.92. The second-order valence-corrected chi connectivity index (χ2v) is 4.47. The molecule has 0 aliphatic carbocycles. The van der Waals surface area contributed by atoms with Gasteiger partial charge in [0.15, 0.2) is 11.5 Å². The molecule has 2 N–H and O–H groups in total. The number of hydrogen-bond donors (Lipinski definition) is 1.